The fraction of sp³-hybridized carbons (Fsp3) is 0.700. The molecule has 0 bridgehead atoms. The number of nitrogens with zero attached hydrogens (tertiary/aromatic N) is 1. The lowest BCUT2D eigenvalue weighted by molar-refractivity contribution is -0.0146. The van der Waals surface area contributed by atoms with Gasteiger partial charge >= 0.3 is 0 Å². The highest BCUT2D eigenvalue weighted by molar-refractivity contribution is 5.15. The molecule has 0 saturated heterocycles. The Labute approximate surface area is 83.4 Å². The highest BCUT2D eigenvalue weighted by Crippen LogP contribution is 2.41. The van der Waals surface area contributed by atoms with Crippen LogP contribution < -0.4 is 5.73 Å². The van der Waals surface area contributed by atoms with Gasteiger partial charge in [0.2, 0.25) is 0 Å². The van der Waals surface area contributed by atoms with Crippen molar-refractivity contribution < 1.29 is 9.26 Å². The van der Waals surface area contributed by atoms with Crippen LogP contribution in [0.15, 0.2) is 10.6 Å². The van der Waals surface area contributed by atoms with Crippen molar-refractivity contribution in [2.24, 2.45) is 5.73 Å². The van der Waals surface area contributed by atoms with Crippen molar-refractivity contribution in [3.63, 3.8) is 0 Å². The Hall–Kier alpha value is -0.870. The zero-order valence-corrected chi connectivity index (χ0v) is 8.45. The second-order valence-corrected chi connectivity index (χ2v) is 3.79. The van der Waals surface area contributed by atoms with Crippen LogP contribution in [0.3, 0.4) is 0 Å². The van der Waals surface area contributed by atoms with Crippen LogP contribution in [0.5, 0.6) is 0 Å². The van der Waals surface area contributed by atoms with Crippen LogP contribution in [0.2, 0.25) is 0 Å². The molecule has 78 valence electrons. The van der Waals surface area contributed by atoms with Crippen molar-refractivity contribution in [2.75, 3.05) is 7.11 Å². The lowest BCUT2D eigenvalue weighted by Crippen LogP contribution is -2.24. The molecule has 0 aromatic carbocycles. The number of nitrogens with two attached hydrogens (primary N) is 1. The Morgan fingerprint density at radius 3 is 2.79 bits per heavy atom. The van der Waals surface area contributed by atoms with Crippen molar-refractivity contribution in [3.8, 4) is 0 Å². The molecule has 0 spiro atoms. The average Bonchev–Trinajstić information content (AvgIpc) is 2.87. The monoisotopic (exact) mass is 196 g/mol. The first-order chi connectivity index (χ1) is 6.80. The van der Waals surface area contributed by atoms with Gasteiger partial charge in [0.05, 0.1) is 6.54 Å². The largest absolute Gasteiger partial charge is 0.372 e. The zero-order valence-electron chi connectivity index (χ0n) is 8.45. The summed E-state index contributed by atoms with van der Waals surface area (Å²) in [6.45, 7) is 0.396. The van der Waals surface area contributed by atoms with E-state index >= 15 is 0 Å². The van der Waals surface area contributed by atoms with Gasteiger partial charge in [-0.15, -0.1) is 0 Å². The molecule has 1 aromatic rings. The standard InChI is InChI=1S/C10H16N2O2/c1-13-10(4-2-3-5-10)9-6-8(7-11)14-12-9/h6H,2-5,7,11H2,1H3. The van der Waals surface area contributed by atoms with E-state index in [1.54, 1.807) is 7.11 Å². The minimum Gasteiger partial charge on any atom is -0.372 e. The number of rotatable bonds is 3. The fourth-order valence-electron chi connectivity index (χ4n) is 2.13. The van der Waals surface area contributed by atoms with E-state index in [0.29, 0.717) is 6.54 Å². The average molecular weight is 196 g/mol. The summed E-state index contributed by atoms with van der Waals surface area (Å²) < 4.78 is 10.7. The summed E-state index contributed by atoms with van der Waals surface area (Å²) in [7, 11) is 1.74. The van der Waals surface area contributed by atoms with E-state index in [9.17, 15) is 0 Å². The summed E-state index contributed by atoms with van der Waals surface area (Å²) in [6, 6.07) is 1.91. The molecule has 0 amide bonds. The summed E-state index contributed by atoms with van der Waals surface area (Å²) in [5.41, 5.74) is 6.16. The van der Waals surface area contributed by atoms with Crippen LogP contribution in [0.1, 0.15) is 37.1 Å². The van der Waals surface area contributed by atoms with Gasteiger partial charge in [-0.25, -0.2) is 0 Å². The topological polar surface area (TPSA) is 61.3 Å². The van der Waals surface area contributed by atoms with Gasteiger partial charge < -0.3 is 15.0 Å². The summed E-state index contributed by atoms with van der Waals surface area (Å²) in [5, 5.41) is 4.03. The van der Waals surface area contributed by atoms with E-state index < -0.39 is 0 Å². The Bertz CT molecular complexity index is 303. The second-order valence-electron chi connectivity index (χ2n) is 3.79. The number of methoxy groups -OCH3 is 1. The molecule has 0 aliphatic heterocycles. The molecule has 14 heavy (non-hydrogen) atoms. The molecule has 1 heterocycles. The molecule has 0 unspecified atom stereocenters. The Morgan fingerprint density at radius 2 is 2.29 bits per heavy atom. The van der Waals surface area contributed by atoms with Crippen LogP contribution in [-0.4, -0.2) is 12.3 Å². The van der Waals surface area contributed by atoms with Gasteiger partial charge in [-0.2, -0.15) is 0 Å². The molecule has 1 saturated carbocycles. The molecule has 1 aliphatic rings. The maximum Gasteiger partial charge on any atom is 0.150 e. The van der Waals surface area contributed by atoms with E-state index in [-0.39, 0.29) is 5.60 Å². The van der Waals surface area contributed by atoms with Crippen molar-refractivity contribution in [1.29, 1.82) is 0 Å². The third-order valence-electron chi connectivity index (χ3n) is 3.03. The van der Waals surface area contributed by atoms with E-state index in [1.165, 1.54) is 12.8 Å². The minimum atomic E-state index is -0.211. The first kappa shape index (κ1) is 9.68. The number of hydrogen-bond acceptors (Lipinski definition) is 4. The predicted octanol–water partition coefficient (Wildman–Crippen LogP) is 1.55. The zero-order chi connectivity index (χ0) is 10.0. The summed E-state index contributed by atoms with van der Waals surface area (Å²) >= 11 is 0. The molecule has 4 heteroatoms. The van der Waals surface area contributed by atoms with Crippen molar-refractivity contribution in [1.82, 2.24) is 5.16 Å². The maximum absolute atomic E-state index is 5.58. The van der Waals surface area contributed by atoms with Crippen LogP contribution in [0.4, 0.5) is 0 Å². The lowest BCUT2D eigenvalue weighted by atomic mass is 9.97. The van der Waals surface area contributed by atoms with Crippen molar-refractivity contribution >= 4 is 0 Å². The van der Waals surface area contributed by atoms with Crippen LogP contribution in [-0.2, 0) is 16.9 Å². The molecular weight excluding hydrogens is 180 g/mol. The van der Waals surface area contributed by atoms with E-state index in [4.69, 9.17) is 15.0 Å². The van der Waals surface area contributed by atoms with Crippen molar-refractivity contribution in [3.05, 3.63) is 17.5 Å². The quantitative estimate of drug-likeness (QED) is 0.796. The first-order valence-electron chi connectivity index (χ1n) is 5.02. The smallest absolute Gasteiger partial charge is 0.150 e. The molecule has 1 aliphatic carbocycles. The first-order valence-corrected chi connectivity index (χ1v) is 5.02. The normalized spacial score (nSPS) is 20.1. The van der Waals surface area contributed by atoms with Gasteiger partial charge in [0.25, 0.3) is 0 Å². The van der Waals surface area contributed by atoms with E-state index in [2.05, 4.69) is 5.16 Å². The minimum absolute atomic E-state index is 0.211. The molecule has 0 atom stereocenters. The summed E-state index contributed by atoms with van der Waals surface area (Å²) in [4.78, 5) is 0. The molecule has 2 rings (SSSR count). The SMILES string of the molecule is COC1(c2cc(CN)on2)CCCC1. The van der Waals surface area contributed by atoms with Gasteiger partial charge in [-0.05, 0) is 12.8 Å². The Kier molecular flexibility index (Phi) is 2.56. The highest BCUT2D eigenvalue weighted by atomic mass is 16.5. The molecule has 0 radical (unpaired) electrons. The molecule has 1 fully saturated rings. The fourth-order valence-corrected chi connectivity index (χ4v) is 2.13. The van der Waals surface area contributed by atoms with Crippen molar-refractivity contribution in [2.45, 2.75) is 37.8 Å². The molecule has 2 N–H and O–H groups in total. The van der Waals surface area contributed by atoms with Gasteiger partial charge in [0.1, 0.15) is 11.3 Å². The van der Waals surface area contributed by atoms with Gasteiger partial charge in [0.15, 0.2) is 5.76 Å². The second kappa shape index (κ2) is 3.71. The molecular formula is C10H16N2O2. The number of ether oxygens (including phenoxy) is 1. The molecule has 1 aromatic heterocycles. The number of hydrogen-bond donors (Lipinski definition) is 1. The highest BCUT2D eigenvalue weighted by Gasteiger charge is 2.38. The number of aromatic nitrogens is 1. The Morgan fingerprint density at radius 1 is 1.57 bits per heavy atom. The van der Waals surface area contributed by atoms with Gasteiger partial charge in [-0.1, -0.05) is 18.0 Å². The van der Waals surface area contributed by atoms with Gasteiger partial charge in [-0.3, -0.25) is 0 Å². The van der Waals surface area contributed by atoms with Crippen LogP contribution in [0, 0.1) is 0 Å². The third-order valence-corrected chi connectivity index (χ3v) is 3.03. The van der Waals surface area contributed by atoms with Crippen LogP contribution in [0.25, 0.3) is 0 Å². The molecule has 4 nitrogen and oxygen atoms in total. The summed E-state index contributed by atoms with van der Waals surface area (Å²) in [5.74, 6) is 0.725. The lowest BCUT2D eigenvalue weighted by Gasteiger charge is -2.24. The third kappa shape index (κ3) is 1.44. The predicted molar refractivity (Wildman–Crippen MR) is 51.5 cm³/mol. The van der Waals surface area contributed by atoms with Gasteiger partial charge in [0, 0.05) is 13.2 Å². The van der Waals surface area contributed by atoms with E-state index in [1.807, 2.05) is 6.07 Å². The summed E-state index contributed by atoms with van der Waals surface area (Å²) in [6.07, 6.45) is 4.44. The van der Waals surface area contributed by atoms with E-state index in [0.717, 1.165) is 24.3 Å². The van der Waals surface area contributed by atoms with Crippen LogP contribution >= 0.6 is 0 Å². The Balaban J connectivity index is 2.26. The maximum atomic E-state index is 5.58.